The Morgan fingerprint density at radius 2 is 1.92 bits per heavy atom. The van der Waals surface area contributed by atoms with E-state index in [-0.39, 0.29) is 11.9 Å². The number of aromatic nitrogens is 3. The zero-order chi connectivity index (χ0) is 16.8. The van der Waals surface area contributed by atoms with Gasteiger partial charge in [-0.3, -0.25) is 9.89 Å². The number of amides is 1. The highest BCUT2D eigenvalue weighted by atomic mass is 16.2. The molecule has 0 saturated heterocycles. The normalized spacial score (nSPS) is 19.4. The molecule has 0 radical (unpaired) electrons. The summed E-state index contributed by atoms with van der Waals surface area (Å²) in [6.07, 6.45) is 7.42. The van der Waals surface area contributed by atoms with Crippen LogP contribution in [-0.4, -0.2) is 21.1 Å². The van der Waals surface area contributed by atoms with Crippen molar-refractivity contribution in [3.05, 3.63) is 52.5 Å². The average Bonchev–Trinajstić information content (AvgIpc) is 3.24. The first-order valence-electron chi connectivity index (χ1n) is 9.27. The number of nitrogens with zero attached hydrogens (tertiary/aromatic N) is 1. The average molecular weight is 334 g/mol. The van der Waals surface area contributed by atoms with Crippen LogP contribution in [0.4, 0.5) is 0 Å². The Hall–Kier alpha value is -2.56. The number of aryl methyl sites for hydroxylation is 2. The molecule has 3 aromatic rings. The van der Waals surface area contributed by atoms with Gasteiger partial charge < -0.3 is 10.3 Å². The highest BCUT2D eigenvalue weighted by Gasteiger charge is 2.28. The Morgan fingerprint density at radius 3 is 2.88 bits per heavy atom. The Labute approximate surface area is 146 Å². The lowest BCUT2D eigenvalue weighted by Gasteiger charge is -2.23. The van der Waals surface area contributed by atoms with E-state index in [1.54, 1.807) is 0 Å². The van der Waals surface area contributed by atoms with Crippen molar-refractivity contribution >= 4 is 16.8 Å². The van der Waals surface area contributed by atoms with Crippen LogP contribution in [0.5, 0.6) is 0 Å². The molecule has 5 rings (SSSR count). The highest BCUT2D eigenvalue weighted by Crippen LogP contribution is 2.35. The molecule has 1 amide bonds. The van der Waals surface area contributed by atoms with Gasteiger partial charge in [-0.25, -0.2) is 0 Å². The van der Waals surface area contributed by atoms with Crippen molar-refractivity contribution < 1.29 is 4.79 Å². The largest absolute Gasteiger partial charge is 0.356 e. The Morgan fingerprint density at radius 1 is 1.08 bits per heavy atom. The highest BCUT2D eigenvalue weighted by molar-refractivity contribution is 5.94. The number of benzene rings is 1. The van der Waals surface area contributed by atoms with Crippen LogP contribution < -0.4 is 5.32 Å². The van der Waals surface area contributed by atoms with E-state index in [9.17, 15) is 4.79 Å². The predicted octanol–water partition coefficient (Wildman–Crippen LogP) is 3.58. The summed E-state index contributed by atoms with van der Waals surface area (Å²) in [6, 6.07) is 8.44. The van der Waals surface area contributed by atoms with Crippen molar-refractivity contribution in [2.24, 2.45) is 0 Å². The number of hydrogen-bond acceptors (Lipinski definition) is 2. The lowest BCUT2D eigenvalue weighted by Crippen LogP contribution is -2.32. The summed E-state index contributed by atoms with van der Waals surface area (Å²) in [6.45, 7) is 0. The molecule has 128 valence electrons. The van der Waals surface area contributed by atoms with Crippen molar-refractivity contribution in [1.82, 2.24) is 20.5 Å². The third-order valence-electron chi connectivity index (χ3n) is 5.69. The van der Waals surface area contributed by atoms with Crippen LogP contribution in [0.3, 0.4) is 0 Å². The number of fused-ring (bicyclic) bond motifs is 4. The second-order valence-corrected chi connectivity index (χ2v) is 7.22. The van der Waals surface area contributed by atoms with E-state index in [0.29, 0.717) is 5.69 Å². The molecule has 0 bridgehead atoms. The van der Waals surface area contributed by atoms with Gasteiger partial charge in [0.15, 0.2) is 5.69 Å². The Balaban J connectivity index is 1.46. The van der Waals surface area contributed by atoms with Gasteiger partial charge in [0.25, 0.3) is 5.91 Å². The van der Waals surface area contributed by atoms with E-state index < -0.39 is 0 Å². The predicted molar refractivity (Wildman–Crippen MR) is 96.7 cm³/mol. The molecule has 0 saturated carbocycles. The smallest absolute Gasteiger partial charge is 0.272 e. The van der Waals surface area contributed by atoms with Crippen LogP contribution in [0.1, 0.15) is 64.7 Å². The first-order chi connectivity index (χ1) is 12.3. The molecule has 25 heavy (non-hydrogen) atoms. The summed E-state index contributed by atoms with van der Waals surface area (Å²) in [4.78, 5) is 16.4. The zero-order valence-corrected chi connectivity index (χ0v) is 14.2. The quantitative estimate of drug-likeness (QED) is 0.670. The maximum Gasteiger partial charge on any atom is 0.272 e. The Bertz CT molecular complexity index is 952. The van der Waals surface area contributed by atoms with Crippen molar-refractivity contribution in [2.75, 3.05) is 0 Å². The molecular weight excluding hydrogens is 312 g/mol. The van der Waals surface area contributed by atoms with Crippen LogP contribution in [0.2, 0.25) is 0 Å². The molecule has 3 N–H and O–H groups in total. The number of carbonyl (C=O) groups excluding carboxylic acids is 1. The summed E-state index contributed by atoms with van der Waals surface area (Å²) in [5.41, 5.74) is 6.55. The number of carbonyl (C=O) groups is 1. The summed E-state index contributed by atoms with van der Waals surface area (Å²) < 4.78 is 0. The van der Waals surface area contributed by atoms with E-state index in [2.05, 4.69) is 38.7 Å². The minimum atomic E-state index is -0.0455. The first kappa shape index (κ1) is 14.8. The fourth-order valence-corrected chi connectivity index (χ4v) is 4.45. The standard InChI is InChI=1S/C20H22N4O/c25-20(19-14-7-2-4-10-16(14)23-24-19)22-17-11-5-8-13-12-6-1-3-9-15(12)21-18(13)17/h1,3,6,9,17,21H,2,4-5,7-8,10-11H2,(H,22,25)(H,23,24)/t17-/m1/s1. The van der Waals surface area contributed by atoms with Gasteiger partial charge in [-0.15, -0.1) is 0 Å². The van der Waals surface area contributed by atoms with Crippen LogP contribution in [-0.2, 0) is 19.3 Å². The van der Waals surface area contributed by atoms with Crippen molar-refractivity contribution in [3.8, 4) is 0 Å². The molecule has 0 fully saturated rings. The van der Waals surface area contributed by atoms with Crippen molar-refractivity contribution in [1.29, 1.82) is 0 Å². The molecule has 2 heterocycles. The molecule has 5 heteroatoms. The topological polar surface area (TPSA) is 73.6 Å². The lowest BCUT2D eigenvalue weighted by atomic mass is 9.91. The first-order valence-corrected chi connectivity index (χ1v) is 9.27. The summed E-state index contributed by atoms with van der Waals surface area (Å²) in [5.74, 6) is -0.0455. The number of nitrogens with one attached hydrogen (secondary N) is 3. The van der Waals surface area contributed by atoms with E-state index >= 15 is 0 Å². The minimum absolute atomic E-state index is 0.0413. The van der Waals surface area contributed by atoms with Crippen LogP contribution in [0, 0.1) is 0 Å². The molecule has 2 aromatic heterocycles. The maximum absolute atomic E-state index is 12.9. The van der Waals surface area contributed by atoms with Crippen molar-refractivity contribution in [3.63, 3.8) is 0 Å². The van der Waals surface area contributed by atoms with Gasteiger partial charge >= 0.3 is 0 Å². The van der Waals surface area contributed by atoms with Gasteiger partial charge in [0.1, 0.15) is 0 Å². The third kappa shape index (κ3) is 2.37. The maximum atomic E-state index is 12.9. The van der Waals surface area contributed by atoms with Crippen LogP contribution >= 0.6 is 0 Å². The van der Waals surface area contributed by atoms with Gasteiger partial charge in [0.05, 0.1) is 6.04 Å². The van der Waals surface area contributed by atoms with Gasteiger partial charge in [-0.05, 0) is 56.6 Å². The number of rotatable bonds is 2. The molecule has 2 aliphatic carbocycles. The summed E-state index contributed by atoms with van der Waals surface area (Å²) in [5, 5.41) is 11.9. The molecule has 0 unspecified atom stereocenters. The Kier molecular flexibility index (Phi) is 3.40. The van der Waals surface area contributed by atoms with Gasteiger partial charge in [-0.2, -0.15) is 5.10 Å². The molecule has 0 spiro atoms. The van der Waals surface area contributed by atoms with Crippen LogP contribution in [0.25, 0.3) is 10.9 Å². The number of hydrogen-bond donors (Lipinski definition) is 3. The zero-order valence-electron chi connectivity index (χ0n) is 14.2. The molecule has 1 atom stereocenters. The lowest BCUT2D eigenvalue weighted by molar-refractivity contribution is 0.0925. The van der Waals surface area contributed by atoms with Gasteiger partial charge in [-0.1, -0.05) is 18.2 Å². The van der Waals surface area contributed by atoms with E-state index in [1.807, 2.05) is 6.07 Å². The van der Waals surface area contributed by atoms with Gasteiger partial charge in [0.2, 0.25) is 0 Å². The molecule has 0 aliphatic heterocycles. The van der Waals surface area contributed by atoms with Gasteiger partial charge in [0, 0.05) is 27.9 Å². The fourth-order valence-electron chi connectivity index (χ4n) is 4.45. The SMILES string of the molecule is O=C(N[C@@H]1CCCc2c1[nH]c1ccccc21)c1n[nH]c2c1CCCC2. The fraction of sp³-hybridized carbons (Fsp3) is 0.400. The second-order valence-electron chi connectivity index (χ2n) is 7.22. The number of para-hydroxylation sites is 1. The number of H-pyrrole nitrogens is 2. The molecule has 5 nitrogen and oxygen atoms in total. The minimum Gasteiger partial charge on any atom is -0.356 e. The van der Waals surface area contributed by atoms with E-state index in [4.69, 9.17) is 0 Å². The monoisotopic (exact) mass is 334 g/mol. The van der Waals surface area contributed by atoms with Crippen LogP contribution in [0.15, 0.2) is 24.3 Å². The third-order valence-corrected chi connectivity index (χ3v) is 5.69. The number of aromatic amines is 2. The second kappa shape index (κ2) is 5.76. The molecule has 1 aromatic carbocycles. The molecular formula is C20H22N4O. The van der Waals surface area contributed by atoms with E-state index in [0.717, 1.165) is 55.3 Å². The van der Waals surface area contributed by atoms with E-state index in [1.165, 1.54) is 23.1 Å². The van der Waals surface area contributed by atoms with Crippen molar-refractivity contribution in [2.45, 2.75) is 51.0 Å². The summed E-state index contributed by atoms with van der Waals surface area (Å²) in [7, 11) is 0. The summed E-state index contributed by atoms with van der Waals surface area (Å²) >= 11 is 0. The molecule has 2 aliphatic rings.